The number of carbonyl (C=O) groups is 1. The molecule has 1 N–H and O–H groups in total. The van der Waals surface area contributed by atoms with E-state index in [1.54, 1.807) is 16.7 Å². The molecular weight excluding hydrogens is 474 g/mol. The molecule has 8 nitrogen and oxygen atoms in total. The Morgan fingerprint density at radius 2 is 1.81 bits per heavy atom. The Morgan fingerprint density at radius 1 is 1.03 bits per heavy atom. The normalized spacial score (nSPS) is 11.2. The van der Waals surface area contributed by atoms with Gasteiger partial charge in [-0.15, -0.1) is 10.2 Å². The number of carbonyl (C=O) groups excluding carboxylic acids is 1. The van der Waals surface area contributed by atoms with Gasteiger partial charge in [-0.2, -0.15) is 0 Å². The summed E-state index contributed by atoms with van der Waals surface area (Å²) < 4.78 is 9.02. The number of nitrogens with one attached hydrogen (secondary N) is 1. The second kappa shape index (κ2) is 9.87. The predicted octanol–water partition coefficient (Wildman–Crippen LogP) is 4.78. The third-order valence-corrected chi connectivity index (χ3v) is 6.71. The van der Waals surface area contributed by atoms with Crippen molar-refractivity contribution < 1.29 is 9.53 Å². The summed E-state index contributed by atoms with van der Waals surface area (Å²) in [5.74, 6) is 0.930. The Morgan fingerprint density at radius 3 is 2.61 bits per heavy atom. The van der Waals surface area contributed by atoms with Crippen molar-refractivity contribution in [2.75, 3.05) is 17.7 Å². The Balaban J connectivity index is 1.53. The molecule has 36 heavy (non-hydrogen) atoms. The van der Waals surface area contributed by atoms with Crippen LogP contribution in [0.15, 0.2) is 76.7 Å². The van der Waals surface area contributed by atoms with E-state index >= 15 is 0 Å². The molecule has 5 rings (SSSR count). The number of anilines is 1. The lowest BCUT2D eigenvalue weighted by Crippen LogP contribution is -2.22. The van der Waals surface area contributed by atoms with Crippen molar-refractivity contribution in [1.29, 1.82) is 0 Å². The van der Waals surface area contributed by atoms with E-state index < -0.39 is 0 Å². The molecule has 0 bridgehead atoms. The number of rotatable bonds is 7. The van der Waals surface area contributed by atoms with Crippen molar-refractivity contribution in [2.24, 2.45) is 0 Å². The minimum atomic E-state index is -0.198. The Bertz CT molecular complexity index is 1660. The van der Waals surface area contributed by atoms with Crippen molar-refractivity contribution in [3.63, 3.8) is 0 Å². The first-order valence-corrected chi connectivity index (χ1v) is 12.6. The van der Waals surface area contributed by atoms with Crippen LogP contribution in [-0.4, -0.2) is 37.4 Å². The number of nitrogens with zero attached hydrogens (tertiary/aromatic N) is 4. The van der Waals surface area contributed by atoms with Gasteiger partial charge in [0.25, 0.3) is 5.56 Å². The molecule has 0 aliphatic heterocycles. The van der Waals surface area contributed by atoms with Gasteiger partial charge < -0.3 is 10.1 Å². The third kappa shape index (κ3) is 4.33. The zero-order valence-corrected chi connectivity index (χ0v) is 21.0. The smallest absolute Gasteiger partial charge is 0.267 e. The summed E-state index contributed by atoms with van der Waals surface area (Å²) in [7, 11) is 0. The number of hydrogen-bond donors (Lipinski definition) is 1. The number of hydrogen-bond acceptors (Lipinski definition) is 6. The van der Waals surface area contributed by atoms with Crippen LogP contribution in [0.5, 0.6) is 5.75 Å². The summed E-state index contributed by atoms with van der Waals surface area (Å²) in [5.41, 5.74) is 3.95. The third-order valence-electron chi connectivity index (χ3n) is 5.78. The van der Waals surface area contributed by atoms with Crippen LogP contribution in [0.3, 0.4) is 0 Å². The SMILES string of the molecule is CCOc1ccccc1NC(=O)CSc1nnc2n(-c3ccc(C)cc3C)c(=O)c3ccccc3n12. The van der Waals surface area contributed by atoms with E-state index in [-0.39, 0.29) is 17.2 Å². The first-order valence-electron chi connectivity index (χ1n) is 11.6. The molecule has 0 unspecified atom stereocenters. The van der Waals surface area contributed by atoms with Gasteiger partial charge in [0.15, 0.2) is 5.16 Å². The molecule has 9 heteroatoms. The molecule has 1 amide bonds. The molecule has 0 aliphatic carbocycles. The lowest BCUT2D eigenvalue weighted by atomic mass is 10.1. The van der Waals surface area contributed by atoms with Crippen LogP contribution < -0.4 is 15.6 Å². The number of para-hydroxylation sites is 3. The van der Waals surface area contributed by atoms with Gasteiger partial charge in [-0.25, -0.2) is 4.57 Å². The van der Waals surface area contributed by atoms with E-state index in [1.807, 2.05) is 79.8 Å². The lowest BCUT2D eigenvalue weighted by molar-refractivity contribution is -0.113. The number of fused-ring (bicyclic) bond motifs is 3. The molecular formula is C27H25N5O3S. The molecule has 182 valence electrons. The molecule has 5 aromatic rings. The lowest BCUT2D eigenvalue weighted by Gasteiger charge is -2.14. The van der Waals surface area contributed by atoms with Crippen LogP contribution in [0.4, 0.5) is 5.69 Å². The van der Waals surface area contributed by atoms with E-state index in [1.165, 1.54) is 11.8 Å². The minimum absolute atomic E-state index is 0.109. The molecule has 0 saturated carbocycles. The topological polar surface area (TPSA) is 90.5 Å². The molecule has 0 aliphatic rings. The number of aromatic nitrogens is 4. The Labute approximate surface area is 211 Å². The van der Waals surface area contributed by atoms with Crippen LogP contribution >= 0.6 is 11.8 Å². The zero-order valence-electron chi connectivity index (χ0n) is 20.2. The second-order valence-corrected chi connectivity index (χ2v) is 9.27. The summed E-state index contributed by atoms with van der Waals surface area (Å²) in [6.07, 6.45) is 0. The van der Waals surface area contributed by atoms with Crippen LogP contribution in [0.2, 0.25) is 0 Å². The van der Waals surface area contributed by atoms with E-state index in [9.17, 15) is 9.59 Å². The number of amides is 1. The van der Waals surface area contributed by atoms with Gasteiger partial charge in [0.05, 0.1) is 34.6 Å². The molecule has 0 spiro atoms. The van der Waals surface area contributed by atoms with Crippen LogP contribution in [-0.2, 0) is 4.79 Å². The van der Waals surface area contributed by atoms with Crippen LogP contribution in [0, 0.1) is 13.8 Å². The first kappa shape index (κ1) is 23.6. The van der Waals surface area contributed by atoms with Gasteiger partial charge in [-0.05, 0) is 56.7 Å². The van der Waals surface area contributed by atoms with Crippen molar-refractivity contribution in [1.82, 2.24) is 19.2 Å². The van der Waals surface area contributed by atoms with E-state index in [4.69, 9.17) is 4.74 Å². The largest absolute Gasteiger partial charge is 0.492 e. The van der Waals surface area contributed by atoms with Gasteiger partial charge in [0.1, 0.15) is 5.75 Å². The van der Waals surface area contributed by atoms with Gasteiger partial charge in [-0.1, -0.05) is 53.7 Å². The average Bonchev–Trinajstić information content (AvgIpc) is 3.29. The quantitative estimate of drug-likeness (QED) is 0.324. The van der Waals surface area contributed by atoms with Crippen molar-refractivity contribution in [2.45, 2.75) is 25.9 Å². The summed E-state index contributed by atoms with van der Waals surface area (Å²) in [4.78, 5) is 26.3. The highest BCUT2D eigenvalue weighted by Gasteiger charge is 2.19. The molecule has 2 aromatic heterocycles. The maximum Gasteiger partial charge on any atom is 0.267 e. The van der Waals surface area contributed by atoms with Gasteiger partial charge in [-0.3, -0.25) is 14.0 Å². The molecule has 0 radical (unpaired) electrons. The van der Waals surface area contributed by atoms with Gasteiger partial charge >= 0.3 is 0 Å². The zero-order chi connectivity index (χ0) is 25.2. The number of benzene rings is 3. The number of aryl methyl sites for hydroxylation is 2. The van der Waals surface area contributed by atoms with Crippen LogP contribution in [0.1, 0.15) is 18.1 Å². The van der Waals surface area contributed by atoms with E-state index in [0.717, 1.165) is 16.8 Å². The predicted molar refractivity (Wildman–Crippen MR) is 143 cm³/mol. The standard InChI is InChI=1S/C27H25N5O3S/c1-4-35-23-12-8-6-10-20(23)28-24(33)16-36-27-30-29-26-31(21-14-13-17(2)15-18(21)3)25(34)19-9-5-7-11-22(19)32(26)27/h5-15H,4,16H2,1-3H3,(H,28,33). The first-order chi connectivity index (χ1) is 17.5. The highest BCUT2D eigenvalue weighted by Crippen LogP contribution is 2.26. The fourth-order valence-corrected chi connectivity index (χ4v) is 4.95. The summed E-state index contributed by atoms with van der Waals surface area (Å²) in [6.45, 7) is 6.38. The Hall–Kier alpha value is -4.11. The molecule has 0 saturated heterocycles. The van der Waals surface area contributed by atoms with Crippen LogP contribution in [0.25, 0.3) is 22.4 Å². The van der Waals surface area contributed by atoms with E-state index in [0.29, 0.717) is 39.9 Å². The summed E-state index contributed by atoms with van der Waals surface area (Å²) in [5, 5.41) is 12.7. The minimum Gasteiger partial charge on any atom is -0.492 e. The van der Waals surface area contributed by atoms with Crippen molar-refractivity contribution >= 4 is 40.0 Å². The average molecular weight is 500 g/mol. The molecule has 2 heterocycles. The van der Waals surface area contributed by atoms with Crippen molar-refractivity contribution in [3.8, 4) is 11.4 Å². The molecule has 0 atom stereocenters. The second-order valence-electron chi connectivity index (χ2n) is 8.33. The fourth-order valence-electron chi connectivity index (χ4n) is 4.21. The fraction of sp³-hybridized carbons (Fsp3) is 0.185. The number of ether oxygens (including phenoxy) is 1. The summed E-state index contributed by atoms with van der Waals surface area (Å²) in [6, 6.07) is 20.6. The monoisotopic (exact) mass is 499 g/mol. The Kier molecular flexibility index (Phi) is 6.47. The summed E-state index contributed by atoms with van der Waals surface area (Å²) >= 11 is 1.26. The molecule has 3 aromatic carbocycles. The van der Waals surface area contributed by atoms with E-state index in [2.05, 4.69) is 15.5 Å². The number of thioether (sulfide) groups is 1. The van der Waals surface area contributed by atoms with Gasteiger partial charge in [0, 0.05) is 0 Å². The van der Waals surface area contributed by atoms with Crippen molar-refractivity contribution in [3.05, 3.63) is 88.2 Å². The van der Waals surface area contributed by atoms with Gasteiger partial charge in [0.2, 0.25) is 11.7 Å². The highest BCUT2D eigenvalue weighted by molar-refractivity contribution is 7.99. The highest BCUT2D eigenvalue weighted by atomic mass is 32.2. The maximum atomic E-state index is 13.5. The maximum absolute atomic E-state index is 13.5. The molecule has 0 fully saturated rings.